The Hall–Kier alpha value is -2.50. The summed E-state index contributed by atoms with van der Waals surface area (Å²) in [6.07, 6.45) is 6.62. The van der Waals surface area contributed by atoms with E-state index in [1.165, 1.54) is 0 Å². The number of hydrogen-bond donors (Lipinski definition) is 1. The lowest BCUT2D eigenvalue weighted by atomic mass is 10.2. The van der Waals surface area contributed by atoms with Crippen LogP contribution in [-0.2, 0) is 19.7 Å². The highest BCUT2D eigenvalue weighted by Crippen LogP contribution is 2.34. The van der Waals surface area contributed by atoms with E-state index in [9.17, 15) is 0 Å². The van der Waals surface area contributed by atoms with E-state index < -0.39 is 0 Å². The molecule has 1 heterocycles. The first-order chi connectivity index (χ1) is 13.8. The van der Waals surface area contributed by atoms with Gasteiger partial charge in [-0.3, -0.25) is 0 Å². The summed E-state index contributed by atoms with van der Waals surface area (Å²) in [7, 11) is 0. The number of aromatic nitrogens is 2. The Morgan fingerprint density at radius 2 is 1.93 bits per heavy atom. The van der Waals surface area contributed by atoms with E-state index in [4.69, 9.17) is 21.1 Å². The van der Waals surface area contributed by atoms with Crippen molar-refractivity contribution in [3.8, 4) is 11.5 Å². The number of nitrogens with zero attached hydrogens (tertiary/aromatic N) is 2. The molecule has 0 spiro atoms. The summed E-state index contributed by atoms with van der Waals surface area (Å²) >= 11 is 6.49. The van der Waals surface area contributed by atoms with E-state index in [0.717, 1.165) is 36.4 Å². The minimum absolute atomic E-state index is 0.475. The number of rotatable bonds is 11. The minimum atomic E-state index is 0.475. The van der Waals surface area contributed by atoms with Gasteiger partial charge in [0.25, 0.3) is 0 Å². The highest BCUT2D eigenvalue weighted by Gasteiger charge is 2.11. The Bertz CT molecular complexity index is 838. The molecule has 28 heavy (non-hydrogen) atoms. The summed E-state index contributed by atoms with van der Waals surface area (Å²) in [4.78, 5) is 4.05. The zero-order chi connectivity index (χ0) is 19.6. The summed E-state index contributed by atoms with van der Waals surface area (Å²) in [5.74, 6) is 1.39. The molecular weight excluding hydrogens is 374 g/mol. The Morgan fingerprint density at radius 3 is 2.68 bits per heavy atom. The van der Waals surface area contributed by atoms with E-state index in [0.29, 0.717) is 30.5 Å². The minimum Gasteiger partial charge on any atom is -0.490 e. The zero-order valence-electron chi connectivity index (χ0n) is 16.1. The van der Waals surface area contributed by atoms with E-state index in [1.54, 1.807) is 6.20 Å². The van der Waals surface area contributed by atoms with Crippen LogP contribution < -0.4 is 14.8 Å². The molecule has 0 atom stereocenters. The van der Waals surface area contributed by atoms with Crippen molar-refractivity contribution >= 4 is 11.6 Å². The molecule has 0 aliphatic rings. The molecule has 148 valence electrons. The Kier molecular flexibility index (Phi) is 7.76. The Balaban J connectivity index is 1.56. The lowest BCUT2D eigenvalue weighted by molar-refractivity contribution is 0.269. The summed E-state index contributed by atoms with van der Waals surface area (Å²) in [6.45, 7) is 5.53. The summed E-state index contributed by atoms with van der Waals surface area (Å²) in [5.41, 5.74) is 2.10. The van der Waals surface area contributed by atoms with Crippen LogP contribution in [0.2, 0.25) is 5.02 Å². The number of ether oxygens (including phenoxy) is 2. The number of aryl methyl sites for hydroxylation is 1. The van der Waals surface area contributed by atoms with Crippen LogP contribution in [0.15, 0.2) is 61.2 Å². The second-order valence-electron chi connectivity index (χ2n) is 6.43. The van der Waals surface area contributed by atoms with Crippen LogP contribution in [0.4, 0.5) is 0 Å². The van der Waals surface area contributed by atoms with Crippen molar-refractivity contribution in [2.45, 2.75) is 33.0 Å². The first-order valence-corrected chi connectivity index (χ1v) is 9.92. The first kappa shape index (κ1) is 20.2. The molecule has 1 aromatic heterocycles. The quantitative estimate of drug-likeness (QED) is 0.475. The fourth-order valence-electron chi connectivity index (χ4n) is 2.86. The number of hydrogen-bond acceptors (Lipinski definition) is 4. The second-order valence-corrected chi connectivity index (χ2v) is 6.84. The van der Waals surface area contributed by atoms with Crippen LogP contribution in [0.5, 0.6) is 11.5 Å². The Morgan fingerprint density at radius 1 is 1.11 bits per heavy atom. The van der Waals surface area contributed by atoms with E-state index in [1.807, 2.05) is 61.9 Å². The lowest BCUT2D eigenvalue weighted by Crippen LogP contribution is -2.16. The number of benzene rings is 2. The standard InChI is InChI=1S/C22H26ClN3O2/c1-2-27-21-13-19(15-24-9-6-11-26-12-10-25-17-26)20(23)14-22(21)28-16-18-7-4-3-5-8-18/h3-5,7-8,10,12-14,17,24H,2,6,9,11,15-16H2,1H3. The van der Waals surface area contributed by atoms with Crippen molar-refractivity contribution in [1.82, 2.24) is 14.9 Å². The van der Waals surface area contributed by atoms with Crippen LogP contribution >= 0.6 is 11.6 Å². The molecule has 3 aromatic rings. The number of nitrogens with one attached hydrogen (secondary N) is 1. The average Bonchev–Trinajstić information content (AvgIpc) is 3.23. The van der Waals surface area contributed by atoms with E-state index >= 15 is 0 Å². The monoisotopic (exact) mass is 399 g/mol. The summed E-state index contributed by atoms with van der Waals surface area (Å²) < 4.78 is 13.8. The van der Waals surface area contributed by atoms with Crippen LogP contribution in [0.25, 0.3) is 0 Å². The third-order valence-electron chi connectivity index (χ3n) is 4.29. The molecule has 0 fully saturated rings. The van der Waals surface area contributed by atoms with Gasteiger partial charge in [0.1, 0.15) is 6.61 Å². The molecule has 6 heteroatoms. The van der Waals surface area contributed by atoms with Gasteiger partial charge in [-0.25, -0.2) is 4.98 Å². The van der Waals surface area contributed by atoms with Crippen molar-refractivity contribution in [2.75, 3.05) is 13.2 Å². The molecule has 0 radical (unpaired) electrons. The largest absolute Gasteiger partial charge is 0.490 e. The molecular formula is C22H26ClN3O2. The molecule has 0 bridgehead atoms. The van der Waals surface area contributed by atoms with Crippen molar-refractivity contribution in [2.24, 2.45) is 0 Å². The number of halogens is 1. The normalized spacial score (nSPS) is 10.8. The van der Waals surface area contributed by atoms with E-state index in [-0.39, 0.29) is 0 Å². The topological polar surface area (TPSA) is 48.3 Å². The van der Waals surface area contributed by atoms with Crippen LogP contribution in [0.3, 0.4) is 0 Å². The molecule has 1 N–H and O–H groups in total. The van der Waals surface area contributed by atoms with Gasteiger partial charge in [0.05, 0.1) is 12.9 Å². The van der Waals surface area contributed by atoms with Crippen molar-refractivity contribution in [3.05, 3.63) is 77.3 Å². The van der Waals surface area contributed by atoms with Gasteiger partial charge in [-0.15, -0.1) is 0 Å². The molecule has 0 amide bonds. The molecule has 5 nitrogen and oxygen atoms in total. The molecule has 3 rings (SSSR count). The van der Waals surface area contributed by atoms with Gasteiger partial charge < -0.3 is 19.4 Å². The van der Waals surface area contributed by atoms with Gasteiger partial charge >= 0.3 is 0 Å². The van der Waals surface area contributed by atoms with Crippen molar-refractivity contribution in [1.29, 1.82) is 0 Å². The first-order valence-electron chi connectivity index (χ1n) is 9.54. The zero-order valence-corrected chi connectivity index (χ0v) is 16.9. The maximum Gasteiger partial charge on any atom is 0.163 e. The van der Waals surface area contributed by atoms with Gasteiger partial charge in [0.15, 0.2) is 11.5 Å². The molecule has 0 unspecified atom stereocenters. The smallest absolute Gasteiger partial charge is 0.163 e. The predicted molar refractivity (Wildman–Crippen MR) is 112 cm³/mol. The van der Waals surface area contributed by atoms with Crippen molar-refractivity contribution < 1.29 is 9.47 Å². The SMILES string of the molecule is CCOc1cc(CNCCCn2ccnc2)c(Cl)cc1OCc1ccccc1. The van der Waals surface area contributed by atoms with Gasteiger partial charge in [-0.2, -0.15) is 0 Å². The van der Waals surface area contributed by atoms with Gasteiger partial charge in [0, 0.05) is 36.6 Å². The second kappa shape index (κ2) is 10.7. The molecule has 0 saturated heterocycles. The summed E-state index contributed by atoms with van der Waals surface area (Å²) in [5, 5.41) is 4.11. The third-order valence-corrected chi connectivity index (χ3v) is 4.65. The van der Waals surface area contributed by atoms with E-state index in [2.05, 4.69) is 14.9 Å². The molecule has 0 aliphatic carbocycles. The highest BCUT2D eigenvalue weighted by molar-refractivity contribution is 6.31. The highest BCUT2D eigenvalue weighted by atomic mass is 35.5. The maximum atomic E-state index is 6.49. The van der Waals surface area contributed by atoms with Crippen LogP contribution in [-0.4, -0.2) is 22.7 Å². The predicted octanol–water partition coefficient (Wildman–Crippen LogP) is 4.69. The lowest BCUT2D eigenvalue weighted by Gasteiger charge is -2.15. The average molecular weight is 400 g/mol. The maximum absolute atomic E-state index is 6.49. The number of imidazole rings is 1. The van der Waals surface area contributed by atoms with Crippen LogP contribution in [0.1, 0.15) is 24.5 Å². The molecule has 0 saturated carbocycles. The third kappa shape index (κ3) is 6.01. The molecule has 2 aromatic carbocycles. The van der Waals surface area contributed by atoms with Gasteiger partial charge in [-0.1, -0.05) is 41.9 Å². The van der Waals surface area contributed by atoms with Gasteiger partial charge in [0.2, 0.25) is 0 Å². The fraction of sp³-hybridized carbons (Fsp3) is 0.318. The summed E-state index contributed by atoms with van der Waals surface area (Å²) in [6, 6.07) is 13.9. The Labute approximate surface area is 171 Å². The van der Waals surface area contributed by atoms with Crippen molar-refractivity contribution in [3.63, 3.8) is 0 Å². The fourth-order valence-corrected chi connectivity index (χ4v) is 3.08. The van der Waals surface area contributed by atoms with Crippen LogP contribution in [0, 0.1) is 0 Å². The molecule has 0 aliphatic heterocycles. The van der Waals surface area contributed by atoms with Gasteiger partial charge in [-0.05, 0) is 37.1 Å².